The zero-order valence-corrected chi connectivity index (χ0v) is 11.7. The number of rotatable bonds is 4. The van der Waals surface area contributed by atoms with Crippen LogP contribution in [0.25, 0.3) is 0 Å². The molecule has 0 bridgehead atoms. The van der Waals surface area contributed by atoms with E-state index in [1.165, 1.54) is 4.88 Å². The Kier molecular flexibility index (Phi) is 4.39. The molecule has 0 aliphatic heterocycles. The van der Waals surface area contributed by atoms with E-state index < -0.39 is 0 Å². The van der Waals surface area contributed by atoms with E-state index in [2.05, 4.69) is 0 Å². The zero-order valence-electron chi connectivity index (χ0n) is 10.1. The SMILES string of the molecule is CCN(Cc1cccs1)C(=O)c1ccc(Cl)cc1. The highest BCUT2D eigenvalue weighted by Gasteiger charge is 2.14. The van der Waals surface area contributed by atoms with Crippen molar-refractivity contribution in [2.75, 3.05) is 6.54 Å². The summed E-state index contributed by atoms with van der Waals surface area (Å²) >= 11 is 7.49. The lowest BCUT2D eigenvalue weighted by Gasteiger charge is -2.20. The summed E-state index contributed by atoms with van der Waals surface area (Å²) in [4.78, 5) is 15.3. The number of halogens is 1. The monoisotopic (exact) mass is 279 g/mol. The third-order valence-corrected chi connectivity index (χ3v) is 3.80. The molecule has 0 aliphatic rings. The average Bonchev–Trinajstić information content (AvgIpc) is 2.89. The molecule has 2 nitrogen and oxygen atoms in total. The molecule has 2 aromatic rings. The minimum Gasteiger partial charge on any atom is -0.334 e. The third kappa shape index (κ3) is 3.12. The molecule has 4 heteroatoms. The lowest BCUT2D eigenvalue weighted by molar-refractivity contribution is 0.0754. The maximum Gasteiger partial charge on any atom is 0.254 e. The van der Waals surface area contributed by atoms with Crippen LogP contribution in [0.2, 0.25) is 5.02 Å². The van der Waals surface area contributed by atoms with Crippen molar-refractivity contribution in [3.05, 3.63) is 57.2 Å². The molecule has 0 saturated carbocycles. The smallest absolute Gasteiger partial charge is 0.254 e. The summed E-state index contributed by atoms with van der Waals surface area (Å²) in [6, 6.07) is 11.1. The molecule has 0 saturated heterocycles. The first kappa shape index (κ1) is 13.1. The Morgan fingerprint density at radius 2 is 2.00 bits per heavy atom. The van der Waals surface area contributed by atoms with Gasteiger partial charge >= 0.3 is 0 Å². The Labute approximate surface area is 116 Å². The van der Waals surface area contributed by atoms with Crippen LogP contribution in [-0.2, 0) is 6.54 Å². The van der Waals surface area contributed by atoms with Gasteiger partial charge in [0, 0.05) is 22.0 Å². The van der Waals surface area contributed by atoms with Gasteiger partial charge in [0.1, 0.15) is 0 Å². The molecule has 2 rings (SSSR count). The van der Waals surface area contributed by atoms with Crippen molar-refractivity contribution in [1.29, 1.82) is 0 Å². The Balaban J connectivity index is 2.12. The molecular weight excluding hydrogens is 266 g/mol. The maximum atomic E-state index is 12.3. The van der Waals surface area contributed by atoms with Gasteiger partial charge in [-0.1, -0.05) is 17.7 Å². The molecule has 0 atom stereocenters. The fraction of sp³-hybridized carbons (Fsp3) is 0.214. The van der Waals surface area contributed by atoms with E-state index in [1.807, 2.05) is 29.3 Å². The van der Waals surface area contributed by atoms with E-state index >= 15 is 0 Å². The first-order valence-electron chi connectivity index (χ1n) is 5.78. The van der Waals surface area contributed by atoms with Crippen LogP contribution in [0.3, 0.4) is 0 Å². The molecule has 94 valence electrons. The molecule has 1 amide bonds. The number of benzene rings is 1. The van der Waals surface area contributed by atoms with Crippen molar-refractivity contribution in [3.63, 3.8) is 0 Å². The number of thiophene rings is 1. The van der Waals surface area contributed by atoms with Crippen LogP contribution >= 0.6 is 22.9 Å². The fourth-order valence-electron chi connectivity index (χ4n) is 1.69. The van der Waals surface area contributed by atoms with Crippen LogP contribution in [-0.4, -0.2) is 17.4 Å². The molecule has 1 aromatic carbocycles. The van der Waals surface area contributed by atoms with E-state index in [1.54, 1.807) is 35.6 Å². The van der Waals surface area contributed by atoms with Gasteiger partial charge in [0.25, 0.3) is 5.91 Å². The van der Waals surface area contributed by atoms with E-state index in [0.717, 1.165) is 0 Å². The molecule has 1 heterocycles. The molecule has 0 N–H and O–H groups in total. The van der Waals surface area contributed by atoms with Crippen molar-refractivity contribution in [3.8, 4) is 0 Å². The van der Waals surface area contributed by atoms with Crippen molar-refractivity contribution in [2.45, 2.75) is 13.5 Å². The van der Waals surface area contributed by atoms with Crippen molar-refractivity contribution in [2.24, 2.45) is 0 Å². The Morgan fingerprint density at radius 1 is 1.28 bits per heavy atom. The van der Waals surface area contributed by atoms with Gasteiger partial charge in [-0.3, -0.25) is 4.79 Å². The number of amides is 1. The normalized spacial score (nSPS) is 10.3. The Hall–Kier alpha value is -1.32. The third-order valence-electron chi connectivity index (χ3n) is 2.69. The molecular formula is C14H14ClNOS. The van der Waals surface area contributed by atoms with Gasteiger partial charge in [0.2, 0.25) is 0 Å². The summed E-state index contributed by atoms with van der Waals surface area (Å²) in [6.45, 7) is 3.34. The van der Waals surface area contributed by atoms with Crippen LogP contribution in [0.4, 0.5) is 0 Å². The summed E-state index contributed by atoms with van der Waals surface area (Å²) in [5, 5.41) is 2.67. The number of carbonyl (C=O) groups is 1. The number of hydrogen-bond acceptors (Lipinski definition) is 2. The van der Waals surface area contributed by atoms with Gasteiger partial charge < -0.3 is 4.90 Å². The van der Waals surface area contributed by atoms with E-state index in [4.69, 9.17) is 11.6 Å². The van der Waals surface area contributed by atoms with Gasteiger partial charge in [-0.05, 0) is 42.6 Å². The minimum absolute atomic E-state index is 0.0440. The van der Waals surface area contributed by atoms with Gasteiger partial charge in [-0.2, -0.15) is 0 Å². The fourth-order valence-corrected chi connectivity index (χ4v) is 2.54. The summed E-state index contributed by atoms with van der Waals surface area (Å²) in [6.07, 6.45) is 0. The number of carbonyl (C=O) groups excluding carboxylic acids is 1. The minimum atomic E-state index is 0.0440. The average molecular weight is 280 g/mol. The summed E-state index contributed by atoms with van der Waals surface area (Å²) < 4.78 is 0. The van der Waals surface area contributed by atoms with Crippen LogP contribution in [0.1, 0.15) is 22.2 Å². The van der Waals surface area contributed by atoms with Crippen molar-refractivity contribution < 1.29 is 4.79 Å². The van der Waals surface area contributed by atoms with Gasteiger partial charge in [-0.25, -0.2) is 0 Å². The summed E-state index contributed by atoms with van der Waals surface area (Å²) in [5.74, 6) is 0.0440. The second-order valence-electron chi connectivity index (χ2n) is 3.91. The number of hydrogen-bond donors (Lipinski definition) is 0. The van der Waals surface area contributed by atoms with Crippen LogP contribution in [0, 0.1) is 0 Å². The topological polar surface area (TPSA) is 20.3 Å². The Morgan fingerprint density at radius 3 is 2.56 bits per heavy atom. The lowest BCUT2D eigenvalue weighted by atomic mass is 10.2. The molecule has 0 spiro atoms. The van der Waals surface area contributed by atoms with Crippen molar-refractivity contribution in [1.82, 2.24) is 4.90 Å². The molecule has 0 aliphatic carbocycles. The van der Waals surface area contributed by atoms with Gasteiger partial charge in [0.05, 0.1) is 6.54 Å². The van der Waals surface area contributed by atoms with Gasteiger partial charge in [-0.15, -0.1) is 11.3 Å². The largest absolute Gasteiger partial charge is 0.334 e. The summed E-state index contributed by atoms with van der Waals surface area (Å²) in [5.41, 5.74) is 0.679. The zero-order chi connectivity index (χ0) is 13.0. The first-order valence-corrected chi connectivity index (χ1v) is 7.03. The second-order valence-corrected chi connectivity index (χ2v) is 5.37. The highest BCUT2D eigenvalue weighted by atomic mass is 35.5. The molecule has 1 aromatic heterocycles. The van der Waals surface area contributed by atoms with Crippen LogP contribution in [0.15, 0.2) is 41.8 Å². The molecule has 0 unspecified atom stereocenters. The molecule has 0 fully saturated rings. The lowest BCUT2D eigenvalue weighted by Crippen LogP contribution is -2.29. The highest BCUT2D eigenvalue weighted by molar-refractivity contribution is 7.09. The Bertz CT molecular complexity index is 507. The standard InChI is InChI=1S/C14H14ClNOS/c1-2-16(10-13-4-3-9-18-13)14(17)11-5-7-12(15)8-6-11/h3-9H,2,10H2,1H3. The highest BCUT2D eigenvalue weighted by Crippen LogP contribution is 2.15. The van der Waals surface area contributed by atoms with E-state index in [0.29, 0.717) is 23.7 Å². The molecule has 18 heavy (non-hydrogen) atoms. The predicted molar refractivity (Wildman–Crippen MR) is 76.2 cm³/mol. The van der Waals surface area contributed by atoms with E-state index in [-0.39, 0.29) is 5.91 Å². The summed E-state index contributed by atoms with van der Waals surface area (Å²) in [7, 11) is 0. The predicted octanol–water partition coefficient (Wildman–Crippen LogP) is 4.06. The quantitative estimate of drug-likeness (QED) is 0.826. The van der Waals surface area contributed by atoms with Crippen molar-refractivity contribution >= 4 is 28.8 Å². The van der Waals surface area contributed by atoms with Crippen LogP contribution in [0.5, 0.6) is 0 Å². The maximum absolute atomic E-state index is 12.3. The first-order chi connectivity index (χ1) is 8.70. The molecule has 0 radical (unpaired) electrons. The van der Waals surface area contributed by atoms with Gasteiger partial charge in [0.15, 0.2) is 0 Å². The van der Waals surface area contributed by atoms with E-state index in [9.17, 15) is 4.79 Å². The number of nitrogens with zero attached hydrogens (tertiary/aromatic N) is 1. The van der Waals surface area contributed by atoms with Crippen LogP contribution < -0.4 is 0 Å². The second kappa shape index (κ2) is 6.03.